The second-order valence-corrected chi connectivity index (χ2v) is 6.56. The molecule has 0 saturated carbocycles. The summed E-state index contributed by atoms with van der Waals surface area (Å²) in [4.78, 5) is 23.7. The third-order valence-corrected chi connectivity index (χ3v) is 3.64. The summed E-state index contributed by atoms with van der Waals surface area (Å²) in [5.74, 6) is 0.0992. The maximum atomic E-state index is 12.4. The molecule has 0 heterocycles. The van der Waals surface area contributed by atoms with Crippen molar-refractivity contribution >= 4 is 34.8 Å². The minimum atomic E-state index is -0.250. The normalized spacial score (nSPS) is 10.5. The van der Waals surface area contributed by atoms with E-state index in [1.165, 1.54) is 12.5 Å². The van der Waals surface area contributed by atoms with Gasteiger partial charge in [-0.2, -0.15) is 0 Å². The fourth-order valence-corrected chi connectivity index (χ4v) is 2.55. The number of anilines is 2. The number of halogens is 1. The lowest BCUT2D eigenvalue weighted by molar-refractivity contribution is -0.114. The highest BCUT2D eigenvalue weighted by atomic mass is 35.5. The van der Waals surface area contributed by atoms with Crippen molar-refractivity contribution in [2.75, 3.05) is 10.6 Å². The second kappa shape index (κ2) is 7.97. The molecule has 0 saturated heterocycles. The molecular weight excluding hydrogens is 324 g/mol. The summed E-state index contributed by atoms with van der Waals surface area (Å²) in [6, 6.07) is 12.4. The lowest BCUT2D eigenvalue weighted by Crippen LogP contribution is -2.15. The molecule has 0 spiro atoms. The maximum absolute atomic E-state index is 12.4. The Kier molecular flexibility index (Phi) is 5.99. The molecule has 2 N–H and O–H groups in total. The van der Waals surface area contributed by atoms with E-state index in [4.69, 9.17) is 11.6 Å². The molecule has 5 heteroatoms. The Morgan fingerprint density at radius 2 is 1.67 bits per heavy atom. The molecule has 0 atom stereocenters. The summed E-state index contributed by atoms with van der Waals surface area (Å²) < 4.78 is 0. The molecule has 0 aromatic heterocycles. The number of carbonyl (C=O) groups is 2. The van der Waals surface area contributed by atoms with Crippen molar-refractivity contribution in [3.8, 4) is 0 Å². The Morgan fingerprint density at radius 1 is 1.00 bits per heavy atom. The Hall–Kier alpha value is -2.33. The van der Waals surface area contributed by atoms with Gasteiger partial charge in [0.2, 0.25) is 5.91 Å². The Balaban J connectivity index is 2.17. The zero-order valence-corrected chi connectivity index (χ0v) is 14.8. The molecule has 0 unspecified atom stereocenters. The van der Waals surface area contributed by atoms with Crippen molar-refractivity contribution in [3.05, 3.63) is 58.6 Å². The first-order valence-corrected chi connectivity index (χ1v) is 8.20. The number of hydrogen-bond acceptors (Lipinski definition) is 2. The van der Waals surface area contributed by atoms with Gasteiger partial charge >= 0.3 is 0 Å². The van der Waals surface area contributed by atoms with Crippen LogP contribution in [0.1, 0.15) is 36.7 Å². The topological polar surface area (TPSA) is 58.2 Å². The first-order chi connectivity index (χ1) is 11.3. The van der Waals surface area contributed by atoms with E-state index in [1.807, 2.05) is 12.1 Å². The number of rotatable bonds is 5. The quantitative estimate of drug-likeness (QED) is 0.822. The van der Waals surface area contributed by atoms with Gasteiger partial charge in [-0.05, 0) is 48.2 Å². The molecule has 2 aromatic rings. The predicted octanol–water partition coefficient (Wildman–Crippen LogP) is 4.75. The molecule has 2 aromatic carbocycles. The van der Waals surface area contributed by atoms with Crippen LogP contribution in [-0.2, 0) is 11.2 Å². The molecule has 0 bridgehead atoms. The van der Waals surface area contributed by atoms with E-state index < -0.39 is 0 Å². The summed E-state index contributed by atoms with van der Waals surface area (Å²) in [5.41, 5.74) is 2.73. The molecule has 24 heavy (non-hydrogen) atoms. The summed E-state index contributed by atoms with van der Waals surface area (Å²) in [6.07, 6.45) is 0.975. The van der Waals surface area contributed by atoms with Gasteiger partial charge < -0.3 is 10.6 Å². The van der Waals surface area contributed by atoms with Crippen molar-refractivity contribution in [1.82, 2.24) is 0 Å². The van der Waals surface area contributed by atoms with E-state index in [0.29, 0.717) is 27.9 Å². The highest BCUT2D eigenvalue weighted by Gasteiger charge is 2.11. The van der Waals surface area contributed by atoms with E-state index in [0.717, 1.165) is 6.42 Å². The zero-order valence-electron chi connectivity index (χ0n) is 14.0. The van der Waals surface area contributed by atoms with Crippen LogP contribution in [0.4, 0.5) is 11.4 Å². The van der Waals surface area contributed by atoms with Gasteiger partial charge in [-0.1, -0.05) is 37.6 Å². The molecule has 0 aliphatic carbocycles. The molecule has 4 nitrogen and oxygen atoms in total. The van der Waals surface area contributed by atoms with Crippen molar-refractivity contribution in [2.45, 2.75) is 27.2 Å². The highest BCUT2D eigenvalue weighted by molar-refractivity contribution is 6.31. The van der Waals surface area contributed by atoms with Gasteiger partial charge in [-0.25, -0.2) is 0 Å². The van der Waals surface area contributed by atoms with Gasteiger partial charge in [0, 0.05) is 17.5 Å². The van der Waals surface area contributed by atoms with E-state index in [9.17, 15) is 9.59 Å². The Labute approximate surface area is 147 Å². The molecule has 126 valence electrons. The molecule has 0 aliphatic heterocycles. The average molecular weight is 345 g/mol. The van der Waals surface area contributed by atoms with Crippen LogP contribution in [0.5, 0.6) is 0 Å². The molecule has 2 amide bonds. The summed E-state index contributed by atoms with van der Waals surface area (Å²) in [5, 5.41) is 5.95. The van der Waals surface area contributed by atoms with Crippen molar-refractivity contribution in [1.29, 1.82) is 0 Å². The van der Waals surface area contributed by atoms with Crippen molar-refractivity contribution < 1.29 is 9.59 Å². The van der Waals surface area contributed by atoms with E-state index in [2.05, 4.69) is 24.5 Å². The van der Waals surface area contributed by atoms with Gasteiger partial charge in [-0.3, -0.25) is 9.59 Å². The Bertz CT molecular complexity index is 740. The SMILES string of the molecule is CC(=O)Nc1ccc(Cl)cc1NC(=O)c1ccc(CC(C)C)cc1. The number of amides is 2. The standard InChI is InChI=1S/C19H21ClN2O2/c1-12(2)10-14-4-6-15(7-5-14)19(24)22-18-11-16(20)8-9-17(18)21-13(3)23/h4-9,11-12H,10H2,1-3H3,(H,21,23)(H,22,24). The average Bonchev–Trinajstić information content (AvgIpc) is 2.49. The van der Waals surface area contributed by atoms with Crippen LogP contribution in [0.15, 0.2) is 42.5 Å². The van der Waals surface area contributed by atoms with E-state index in [-0.39, 0.29) is 11.8 Å². The fraction of sp³-hybridized carbons (Fsp3) is 0.263. The van der Waals surface area contributed by atoms with E-state index >= 15 is 0 Å². The lowest BCUT2D eigenvalue weighted by Gasteiger charge is -2.12. The van der Waals surface area contributed by atoms with Crippen LogP contribution < -0.4 is 10.6 Å². The largest absolute Gasteiger partial charge is 0.325 e. The van der Waals surface area contributed by atoms with Crippen LogP contribution in [0.3, 0.4) is 0 Å². The number of carbonyl (C=O) groups excluding carboxylic acids is 2. The Morgan fingerprint density at radius 3 is 2.25 bits per heavy atom. The second-order valence-electron chi connectivity index (χ2n) is 6.12. The van der Waals surface area contributed by atoms with Gasteiger partial charge in [0.1, 0.15) is 0 Å². The molecule has 0 radical (unpaired) electrons. The van der Waals surface area contributed by atoms with Gasteiger partial charge in [-0.15, -0.1) is 0 Å². The van der Waals surface area contributed by atoms with Gasteiger partial charge in [0.25, 0.3) is 5.91 Å². The van der Waals surface area contributed by atoms with Crippen LogP contribution >= 0.6 is 11.6 Å². The van der Waals surface area contributed by atoms with Crippen LogP contribution in [0.2, 0.25) is 5.02 Å². The third-order valence-electron chi connectivity index (χ3n) is 3.40. The summed E-state index contributed by atoms with van der Waals surface area (Å²) in [6.45, 7) is 5.72. The number of hydrogen-bond donors (Lipinski definition) is 2. The first-order valence-electron chi connectivity index (χ1n) is 7.82. The van der Waals surface area contributed by atoms with Gasteiger partial charge in [0.05, 0.1) is 11.4 Å². The highest BCUT2D eigenvalue weighted by Crippen LogP contribution is 2.26. The lowest BCUT2D eigenvalue weighted by atomic mass is 10.0. The van der Waals surface area contributed by atoms with Crippen LogP contribution in [0.25, 0.3) is 0 Å². The van der Waals surface area contributed by atoms with Gasteiger partial charge in [0.15, 0.2) is 0 Å². The van der Waals surface area contributed by atoms with E-state index in [1.54, 1.807) is 30.3 Å². The third kappa shape index (κ3) is 5.10. The van der Waals surface area contributed by atoms with Crippen molar-refractivity contribution in [2.24, 2.45) is 5.92 Å². The molecule has 2 rings (SSSR count). The maximum Gasteiger partial charge on any atom is 0.255 e. The summed E-state index contributed by atoms with van der Waals surface area (Å²) in [7, 11) is 0. The molecule has 0 fully saturated rings. The molecular formula is C19H21ClN2O2. The summed E-state index contributed by atoms with van der Waals surface area (Å²) >= 11 is 5.99. The number of benzene rings is 2. The smallest absolute Gasteiger partial charge is 0.255 e. The minimum absolute atomic E-state index is 0.217. The molecule has 0 aliphatic rings. The fourth-order valence-electron chi connectivity index (χ4n) is 2.38. The predicted molar refractivity (Wildman–Crippen MR) is 98.7 cm³/mol. The monoisotopic (exact) mass is 344 g/mol. The van der Waals surface area contributed by atoms with Crippen LogP contribution in [-0.4, -0.2) is 11.8 Å². The van der Waals surface area contributed by atoms with Crippen LogP contribution in [0, 0.1) is 5.92 Å². The minimum Gasteiger partial charge on any atom is -0.325 e. The number of nitrogens with one attached hydrogen (secondary N) is 2. The van der Waals surface area contributed by atoms with Crippen molar-refractivity contribution in [3.63, 3.8) is 0 Å². The first kappa shape index (κ1) is 18.0. The zero-order chi connectivity index (χ0) is 17.7.